The number of nitrogens with zero attached hydrogens (tertiary/aromatic N) is 1. The third-order valence-corrected chi connectivity index (χ3v) is 4.39. The van der Waals surface area contributed by atoms with Crippen LogP contribution >= 0.6 is 0 Å². The minimum atomic E-state index is -0.557. The zero-order valence-corrected chi connectivity index (χ0v) is 15.8. The smallest absolute Gasteiger partial charge is 0.354 e. The molecule has 0 aliphatic heterocycles. The highest BCUT2D eigenvalue weighted by molar-refractivity contribution is 6.05. The second-order valence-electron chi connectivity index (χ2n) is 6.26. The molecule has 0 spiro atoms. The van der Waals surface area contributed by atoms with Crippen LogP contribution < -0.4 is 0 Å². The van der Waals surface area contributed by atoms with Crippen LogP contribution in [0.4, 0.5) is 0 Å². The van der Waals surface area contributed by atoms with Gasteiger partial charge in [0.05, 0.1) is 32.7 Å². The van der Waals surface area contributed by atoms with Crippen LogP contribution in [0.15, 0.2) is 45.6 Å². The fourth-order valence-corrected chi connectivity index (χ4v) is 3.07. The van der Waals surface area contributed by atoms with Crippen molar-refractivity contribution in [2.24, 2.45) is 0 Å². The number of amides is 1. The molecule has 3 aromatic rings. The first-order valence-electron chi connectivity index (χ1n) is 8.58. The van der Waals surface area contributed by atoms with Crippen molar-refractivity contribution in [2.75, 3.05) is 13.7 Å². The number of aryl methyl sites for hydroxylation is 1. The van der Waals surface area contributed by atoms with Gasteiger partial charge in [0, 0.05) is 11.3 Å². The lowest BCUT2D eigenvalue weighted by Gasteiger charge is -2.20. The summed E-state index contributed by atoms with van der Waals surface area (Å²) in [5.41, 5.74) is 1.60. The summed E-state index contributed by atoms with van der Waals surface area (Å²) in [5, 5.41) is 0. The van der Waals surface area contributed by atoms with Crippen molar-refractivity contribution < 1.29 is 28.0 Å². The molecule has 8 nitrogen and oxygen atoms in total. The predicted molar refractivity (Wildman–Crippen MR) is 98.1 cm³/mol. The molecule has 0 radical (unpaired) electrons. The van der Waals surface area contributed by atoms with Crippen LogP contribution in [0.3, 0.4) is 0 Å². The van der Waals surface area contributed by atoms with Crippen LogP contribution in [-0.2, 0) is 11.3 Å². The summed E-state index contributed by atoms with van der Waals surface area (Å²) < 4.78 is 15.2. The minimum absolute atomic E-state index is 0.102. The van der Waals surface area contributed by atoms with E-state index >= 15 is 0 Å². The number of Topliss-reactive ketones (excluding diaryl/α,β-unsaturated/α-hetero) is 1. The molecular formula is C20H20N2O6. The summed E-state index contributed by atoms with van der Waals surface area (Å²) in [4.78, 5) is 41.9. The molecule has 0 atom stereocenters. The summed E-state index contributed by atoms with van der Waals surface area (Å²) >= 11 is 0. The average Bonchev–Trinajstić information content (AvgIpc) is 3.42. The van der Waals surface area contributed by atoms with Gasteiger partial charge in [-0.25, -0.2) is 4.79 Å². The van der Waals surface area contributed by atoms with E-state index in [1.165, 1.54) is 30.6 Å². The SMILES string of the molecule is COC(=O)c1[nH]c(C)c(C(=O)CN(Cc2ccco2)C(=O)c2ccco2)c1C. The van der Waals surface area contributed by atoms with Crippen molar-refractivity contribution in [2.45, 2.75) is 20.4 Å². The first-order valence-corrected chi connectivity index (χ1v) is 8.58. The lowest BCUT2D eigenvalue weighted by atomic mass is 10.0. The standard InChI is InChI=1S/C20H20N2O6/c1-12-17(13(2)21-18(12)20(25)26-3)15(23)11-22(10-14-6-4-8-27-14)19(24)16-7-5-9-28-16/h4-9,21H,10-11H2,1-3H3. The summed E-state index contributed by atoms with van der Waals surface area (Å²) in [6.07, 6.45) is 2.89. The highest BCUT2D eigenvalue weighted by atomic mass is 16.5. The van der Waals surface area contributed by atoms with Crippen LogP contribution in [0.2, 0.25) is 0 Å². The molecule has 0 fully saturated rings. The van der Waals surface area contributed by atoms with E-state index in [-0.39, 0.29) is 30.3 Å². The molecule has 0 bridgehead atoms. The summed E-state index contributed by atoms with van der Waals surface area (Å²) in [5.74, 6) is -0.650. The number of H-pyrrole nitrogens is 1. The van der Waals surface area contributed by atoms with E-state index in [9.17, 15) is 14.4 Å². The average molecular weight is 384 g/mol. The van der Waals surface area contributed by atoms with E-state index in [1.54, 1.807) is 32.0 Å². The monoisotopic (exact) mass is 384 g/mol. The van der Waals surface area contributed by atoms with Gasteiger partial charge in [0.2, 0.25) is 0 Å². The van der Waals surface area contributed by atoms with Gasteiger partial charge in [-0.2, -0.15) is 0 Å². The molecule has 0 aromatic carbocycles. The molecule has 3 aromatic heterocycles. The lowest BCUT2D eigenvalue weighted by molar-refractivity contribution is 0.0593. The minimum Gasteiger partial charge on any atom is -0.467 e. The highest BCUT2D eigenvalue weighted by Gasteiger charge is 2.27. The van der Waals surface area contributed by atoms with Crippen LogP contribution in [0.5, 0.6) is 0 Å². The Kier molecular flexibility index (Phi) is 5.49. The molecule has 1 N–H and O–H groups in total. The number of ether oxygens (including phenoxy) is 1. The van der Waals surface area contributed by atoms with Gasteiger partial charge < -0.3 is 23.5 Å². The lowest BCUT2D eigenvalue weighted by Crippen LogP contribution is -2.35. The zero-order chi connectivity index (χ0) is 20.3. The molecule has 0 unspecified atom stereocenters. The Bertz CT molecular complexity index is 982. The van der Waals surface area contributed by atoms with Crippen molar-refractivity contribution in [1.82, 2.24) is 9.88 Å². The van der Waals surface area contributed by atoms with E-state index in [0.29, 0.717) is 22.6 Å². The third kappa shape index (κ3) is 3.75. The molecule has 28 heavy (non-hydrogen) atoms. The van der Waals surface area contributed by atoms with Crippen molar-refractivity contribution in [3.8, 4) is 0 Å². The maximum atomic E-state index is 13.0. The van der Waals surface area contributed by atoms with Crippen LogP contribution in [0, 0.1) is 13.8 Å². The normalized spacial score (nSPS) is 10.7. The third-order valence-electron chi connectivity index (χ3n) is 4.39. The number of carbonyl (C=O) groups excluding carboxylic acids is 3. The number of rotatable bonds is 7. The van der Waals surface area contributed by atoms with Crippen LogP contribution in [0.25, 0.3) is 0 Å². The van der Waals surface area contributed by atoms with E-state index < -0.39 is 11.9 Å². The zero-order valence-electron chi connectivity index (χ0n) is 15.8. The number of carbonyl (C=O) groups is 3. The number of esters is 1. The molecule has 3 heterocycles. The number of ketones is 1. The number of furan rings is 2. The Hall–Kier alpha value is -3.55. The Balaban J connectivity index is 1.88. The summed E-state index contributed by atoms with van der Waals surface area (Å²) in [6.45, 7) is 3.25. The van der Waals surface area contributed by atoms with E-state index in [0.717, 1.165) is 0 Å². The van der Waals surface area contributed by atoms with Gasteiger partial charge in [0.25, 0.3) is 5.91 Å². The first kappa shape index (κ1) is 19.2. The Labute approximate surface area is 161 Å². The maximum Gasteiger partial charge on any atom is 0.354 e. The number of hydrogen-bond acceptors (Lipinski definition) is 6. The van der Waals surface area contributed by atoms with Gasteiger partial charge in [0.1, 0.15) is 11.5 Å². The summed E-state index contributed by atoms with van der Waals surface area (Å²) in [7, 11) is 1.27. The van der Waals surface area contributed by atoms with Crippen LogP contribution in [0.1, 0.15) is 48.4 Å². The first-order chi connectivity index (χ1) is 13.4. The fraction of sp³-hybridized carbons (Fsp3) is 0.250. The largest absolute Gasteiger partial charge is 0.467 e. The highest BCUT2D eigenvalue weighted by Crippen LogP contribution is 2.21. The predicted octanol–water partition coefficient (Wildman–Crippen LogP) is 3.13. The number of aromatic amines is 1. The van der Waals surface area contributed by atoms with Crippen molar-refractivity contribution >= 4 is 17.7 Å². The van der Waals surface area contributed by atoms with Gasteiger partial charge in [-0.15, -0.1) is 0 Å². The van der Waals surface area contributed by atoms with E-state index in [2.05, 4.69) is 4.98 Å². The van der Waals surface area contributed by atoms with Gasteiger partial charge in [-0.05, 0) is 43.7 Å². The maximum absolute atomic E-state index is 13.0. The molecule has 1 amide bonds. The second kappa shape index (κ2) is 7.99. The molecule has 3 rings (SSSR count). The van der Waals surface area contributed by atoms with Crippen LogP contribution in [-0.4, -0.2) is 41.2 Å². The van der Waals surface area contributed by atoms with Crippen molar-refractivity contribution in [3.63, 3.8) is 0 Å². The Morgan fingerprint density at radius 3 is 2.43 bits per heavy atom. The fourth-order valence-electron chi connectivity index (χ4n) is 3.07. The molecule has 8 heteroatoms. The van der Waals surface area contributed by atoms with Gasteiger partial charge in [0.15, 0.2) is 11.5 Å². The van der Waals surface area contributed by atoms with E-state index in [4.69, 9.17) is 13.6 Å². The van der Waals surface area contributed by atoms with Crippen molar-refractivity contribution in [3.05, 3.63) is 70.8 Å². The van der Waals surface area contributed by atoms with Gasteiger partial charge in [-0.3, -0.25) is 9.59 Å². The number of hydrogen-bond donors (Lipinski definition) is 1. The van der Waals surface area contributed by atoms with Crippen molar-refractivity contribution in [1.29, 1.82) is 0 Å². The molecule has 0 saturated heterocycles. The second-order valence-corrected chi connectivity index (χ2v) is 6.26. The van der Waals surface area contributed by atoms with Gasteiger partial charge >= 0.3 is 5.97 Å². The Morgan fingerprint density at radius 1 is 1.11 bits per heavy atom. The summed E-state index contributed by atoms with van der Waals surface area (Å²) in [6, 6.07) is 6.55. The molecular weight excluding hydrogens is 364 g/mol. The number of aromatic nitrogens is 1. The van der Waals surface area contributed by atoms with Gasteiger partial charge in [-0.1, -0.05) is 0 Å². The molecule has 146 valence electrons. The topological polar surface area (TPSA) is 106 Å². The molecule has 0 aliphatic carbocycles. The molecule has 0 saturated carbocycles. The Morgan fingerprint density at radius 2 is 1.82 bits per heavy atom. The number of nitrogens with one attached hydrogen (secondary N) is 1. The number of methoxy groups -OCH3 is 1. The van der Waals surface area contributed by atoms with E-state index in [1.807, 2.05) is 0 Å². The quantitative estimate of drug-likeness (QED) is 0.495. The molecule has 0 aliphatic rings.